The second-order valence-electron chi connectivity index (χ2n) is 5.91. The molecule has 2 aromatic rings. The molecule has 1 aliphatic rings. The van der Waals surface area contributed by atoms with Crippen LogP contribution in [0.5, 0.6) is 0 Å². The Kier molecular flexibility index (Phi) is 2.98. The molecule has 2 heterocycles. The van der Waals surface area contributed by atoms with E-state index >= 15 is 0 Å². The lowest BCUT2D eigenvalue weighted by atomic mass is 9.67. The SMILES string of the molecule is Cc1sc2ncnc(NC3CC(Cl)C3(C)C)c2c1C. The summed E-state index contributed by atoms with van der Waals surface area (Å²) < 4.78 is 0. The van der Waals surface area contributed by atoms with Crippen LogP contribution in [-0.4, -0.2) is 21.4 Å². The molecule has 0 bridgehead atoms. The Balaban J connectivity index is 1.98. The van der Waals surface area contributed by atoms with Crippen molar-refractivity contribution in [3.63, 3.8) is 0 Å². The molecular formula is C14H18ClN3S. The topological polar surface area (TPSA) is 37.8 Å². The smallest absolute Gasteiger partial charge is 0.138 e. The van der Waals surface area contributed by atoms with Crippen molar-refractivity contribution in [2.45, 2.75) is 45.5 Å². The third kappa shape index (κ3) is 1.93. The first-order chi connectivity index (χ1) is 8.91. The number of nitrogens with one attached hydrogen (secondary N) is 1. The van der Waals surface area contributed by atoms with E-state index in [1.54, 1.807) is 17.7 Å². The Hall–Kier alpha value is -0.870. The van der Waals surface area contributed by atoms with E-state index in [1.807, 2.05) is 0 Å². The number of thiophene rings is 1. The molecule has 0 spiro atoms. The van der Waals surface area contributed by atoms with Crippen LogP contribution >= 0.6 is 22.9 Å². The third-order valence-electron chi connectivity index (χ3n) is 4.42. The van der Waals surface area contributed by atoms with Gasteiger partial charge in [0.15, 0.2) is 0 Å². The Morgan fingerprint density at radius 1 is 1.37 bits per heavy atom. The minimum absolute atomic E-state index is 0.109. The summed E-state index contributed by atoms with van der Waals surface area (Å²) in [6.45, 7) is 8.68. The van der Waals surface area contributed by atoms with Gasteiger partial charge in [-0.15, -0.1) is 22.9 Å². The van der Waals surface area contributed by atoms with Gasteiger partial charge in [-0.25, -0.2) is 9.97 Å². The zero-order chi connectivity index (χ0) is 13.8. The summed E-state index contributed by atoms with van der Waals surface area (Å²) in [5.41, 5.74) is 1.39. The van der Waals surface area contributed by atoms with Gasteiger partial charge >= 0.3 is 0 Å². The molecule has 0 radical (unpaired) electrons. The lowest BCUT2D eigenvalue weighted by Crippen LogP contribution is -2.54. The third-order valence-corrected chi connectivity index (χ3v) is 6.28. The zero-order valence-corrected chi connectivity index (χ0v) is 13.2. The molecule has 1 saturated carbocycles. The Morgan fingerprint density at radius 3 is 2.74 bits per heavy atom. The van der Waals surface area contributed by atoms with Crippen LogP contribution in [0.3, 0.4) is 0 Å². The number of alkyl halides is 1. The molecule has 19 heavy (non-hydrogen) atoms. The zero-order valence-electron chi connectivity index (χ0n) is 11.6. The quantitative estimate of drug-likeness (QED) is 0.847. The number of nitrogens with zero attached hydrogens (tertiary/aromatic N) is 2. The molecule has 2 unspecified atom stereocenters. The van der Waals surface area contributed by atoms with Gasteiger partial charge in [0.1, 0.15) is 17.0 Å². The average Bonchev–Trinajstić information content (AvgIpc) is 2.66. The highest BCUT2D eigenvalue weighted by Gasteiger charge is 2.47. The van der Waals surface area contributed by atoms with Gasteiger partial charge in [0, 0.05) is 21.7 Å². The highest BCUT2D eigenvalue weighted by Crippen LogP contribution is 2.46. The van der Waals surface area contributed by atoms with Gasteiger partial charge in [-0.3, -0.25) is 0 Å². The number of rotatable bonds is 2. The van der Waals surface area contributed by atoms with E-state index in [0.29, 0.717) is 6.04 Å². The molecule has 102 valence electrons. The van der Waals surface area contributed by atoms with Crippen LogP contribution in [0.4, 0.5) is 5.82 Å². The number of aryl methyl sites for hydroxylation is 2. The molecule has 5 heteroatoms. The summed E-state index contributed by atoms with van der Waals surface area (Å²) >= 11 is 8.01. The molecule has 2 aromatic heterocycles. The summed E-state index contributed by atoms with van der Waals surface area (Å²) in [7, 11) is 0. The normalized spacial score (nSPS) is 25.3. The first kappa shape index (κ1) is 13.1. The molecule has 3 nitrogen and oxygen atoms in total. The van der Waals surface area contributed by atoms with Gasteiger partial charge in [-0.1, -0.05) is 13.8 Å². The average molecular weight is 296 g/mol. The van der Waals surface area contributed by atoms with E-state index in [2.05, 4.69) is 43.0 Å². The number of halogens is 1. The van der Waals surface area contributed by atoms with Crippen molar-refractivity contribution >= 4 is 39.0 Å². The van der Waals surface area contributed by atoms with Crippen molar-refractivity contribution < 1.29 is 0 Å². The number of hydrogen-bond acceptors (Lipinski definition) is 4. The van der Waals surface area contributed by atoms with Gasteiger partial charge in [0.05, 0.1) is 5.39 Å². The van der Waals surface area contributed by atoms with E-state index in [1.165, 1.54) is 15.8 Å². The molecule has 0 aliphatic heterocycles. The van der Waals surface area contributed by atoms with Gasteiger partial charge in [-0.2, -0.15) is 0 Å². The molecule has 0 amide bonds. The fraction of sp³-hybridized carbons (Fsp3) is 0.571. The summed E-state index contributed by atoms with van der Waals surface area (Å²) in [5.74, 6) is 0.952. The van der Waals surface area contributed by atoms with Crippen LogP contribution in [0.2, 0.25) is 0 Å². The minimum Gasteiger partial charge on any atom is -0.366 e. The van der Waals surface area contributed by atoms with E-state index in [4.69, 9.17) is 11.6 Å². The van der Waals surface area contributed by atoms with Crippen LogP contribution in [0, 0.1) is 19.3 Å². The van der Waals surface area contributed by atoms with E-state index in [0.717, 1.165) is 17.1 Å². The van der Waals surface area contributed by atoms with Crippen molar-refractivity contribution in [1.82, 2.24) is 9.97 Å². The molecule has 0 saturated heterocycles. The maximum atomic E-state index is 6.28. The first-order valence-corrected chi connectivity index (χ1v) is 7.78. The van der Waals surface area contributed by atoms with Crippen LogP contribution in [0.25, 0.3) is 10.2 Å². The van der Waals surface area contributed by atoms with Crippen molar-refractivity contribution in [3.05, 3.63) is 16.8 Å². The van der Waals surface area contributed by atoms with Crippen molar-refractivity contribution in [2.24, 2.45) is 5.41 Å². The lowest BCUT2D eigenvalue weighted by Gasteiger charge is -2.49. The predicted molar refractivity (Wildman–Crippen MR) is 82.3 cm³/mol. The fourth-order valence-corrected chi connectivity index (χ4v) is 3.90. The van der Waals surface area contributed by atoms with Gasteiger partial charge in [0.25, 0.3) is 0 Å². The number of fused-ring (bicyclic) bond motifs is 1. The van der Waals surface area contributed by atoms with Gasteiger partial charge in [-0.05, 0) is 25.8 Å². The second-order valence-corrected chi connectivity index (χ2v) is 7.64. The molecule has 0 aromatic carbocycles. The summed E-state index contributed by atoms with van der Waals surface area (Å²) in [6, 6.07) is 0.382. The molecule has 1 aliphatic carbocycles. The molecule has 2 atom stereocenters. The fourth-order valence-electron chi connectivity index (χ4n) is 2.57. The van der Waals surface area contributed by atoms with E-state index in [9.17, 15) is 0 Å². The predicted octanol–water partition coefficient (Wildman–Crippen LogP) is 4.13. The molecular weight excluding hydrogens is 278 g/mol. The standard InChI is InChI=1S/C14H18ClN3S/c1-7-8(2)19-13-11(7)12(16-6-17-13)18-10-5-9(15)14(10,3)4/h6,9-10H,5H2,1-4H3,(H,16,17,18). The maximum Gasteiger partial charge on any atom is 0.138 e. The van der Waals surface area contributed by atoms with Gasteiger partial charge < -0.3 is 5.32 Å². The minimum atomic E-state index is 0.109. The molecule has 3 rings (SSSR count). The summed E-state index contributed by atoms with van der Waals surface area (Å²) in [5, 5.41) is 4.98. The van der Waals surface area contributed by atoms with Crippen molar-refractivity contribution in [1.29, 1.82) is 0 Å². The van der Waals surface area contributed by atoms with Gasteiger partial charge in [0.2, 0.25) is 0 Å². The lowest BCUT2D eigenvalue weighted by molar-refractivity contribution is 0.168. The Morgan fingerprint density at radius 2 is 2.11 bits per heavy atom. The molecule has 1 fully saturated rings. The van der Waals surface area contributed by atoms with E-state index in [-0.39, 0.29) is 10.8 Å². The van der Waals surface area contributed by atoms with Crippen LogP contribution < -0.4 is 5.32 Å². The van der Waals surface area contributed by atoms with Crippen LogP contribution in [0.1, 0.15) is 30.7 Å². The summed E-state index contributed by atoms with van der Waals surface area (Å²) in [4.78, 5) is 11.2. The largest absolute Gasteiger partial charge is 0.366 e. The van der Waals surface area contributed by atoms with Crippen LogP contribution in [0.15, 0.2) is 6.33 Å². The monoisotopic (exact) mass is 295 g/mol. The van der Waals surface area contributed by atoms with Crippen molar-refractivity contribution in [2.75, 3.05) is 5.32 Å². The highest BCUT2D eigenvalue weighted by molar-refractivity contribution is 7.18. The van der Waals surface area contributed by atoms with Crippen LogP contribution in [-0.2, 0) is 0 Å². The highest BCUT2D eigenvalue weighted by atomic mass is 35.5. The number of hydrogen-bond donors (Lipinski definition) is 1. The molecule has 1 N–H and O–H groups in total. The Bertz CT molecular complexity index is 635. The first-order valence-electron chi connectivity index (χ1n) is 6.52. The Labute approximate surface area is 122 Å². The van der Waals surface area contributed by atoms with Crippen molar-refractivity contribution in [3.8, 4) is 0 Å². The number of aromatic nitrogens is 2. The van der Waals surface area contributed by atoms with E-state index < -0.39 is 0 Å². The maximum absolute atomic E-state index is 6.28. The number of anilines is 1. The second kappa shape index (κ2) is 4.32. The summed E-state index contributed by atoms with van der Waals surface area (Å²) in [6.07, 6.45) is 2.63.